The highest BCUT2D eigenvalue weighted by atomic mass is 35.5. The molecule has 0 radical (unpaired) electrons. The predicted octanol–water partition coefficient (Wildman–Crippen LogP) is 27.0. The van der Waals surface area contributed by atoms with E-state index in [1.54, 1.807) is 227 Å². The first kappa shape index (κ1) is 98.1. The Labute approximate surface area is 797 Å². The zero-order chi connectivity index (χ0) is 94.4. The fourth-order valence-electron chi connectivity index (χ4n) is 12.8. The predicted molar refractivity (Wildman–Crippen MR) is 530 cm³/mol. The van der Waals surface area contributed by atoms with E-state index in [1.807, 2.05) is 76.2 Å². The minimum Gasteiger partial charge on any atom is -0.497 e. The summed E-state index contributed by atoms with van der Waals surface area (Å²) in [5, 5.41) is 74.7. The van der Waals surface area contributed by atoms with E-state index in [4.69, 9.17) is 62.7 Å². The van der Waals surface area contributed by atoms with Gasteiger partial charge in [0.1, 0.15) is 58.6 Å². The summed E-state index contributed by atoms with van der Waals surface area (Å²) in [7, 11) is 5.37. The third-order valence-electron chi connectivity index (χ3n) is 19.7. The summed E-state index contributed by atoms with van der Waals surface area (Å²) in [5.74, 6) is -6.59. The quantitative estimate of drug-likeness (QED) is 0.0269. The van der Waals surface area contributed by atoms with Crippen LogP contribution in [0.4, 0.5) is 30.7 Å². The molecule has 0 aliphatic rings. The Hall–Kier alpha value is -13.6. The number of amides is 5. The number of carbonyl (C=O) groups excluding carboxylic acids is 5. The molecule has 5 amide bonds. The number of carboxylic acids is 5. The van der Waals surface area contributed by atoms with E-state index in [0.717, 1.165) is 68.8 Å². The molecular formula is C99H79Cl5N6O16S5. The molecule has 10 aromatic carbocycles. The number of thiophene rings is 5. The van der Waals surface area contributed by atoms with Crippen molar-refractivity contribution in [3.8, 4) is 61.4 Å². The van der Waals surface area contributed by atoms with Crippen molar-refractivity contribution in [3.05, 3.63) is 366 Å². The number of aryl methyl sites for hydroxylation is 4. The van der Waals surface area contributed by atoms with Crippen LogP contribution in [0.2, 0.25) is 25.1 Å². The molecule has 0 spiro atoms. The highest BCUT2D eigenvalue weighted by Crippen LogP contribution is 2.43. The molecule has 0 fully saturated rings. The van der Waals surface area contributed by atoms with Crippen LogP contribution in [0.15, 0.2) is 263 Å². The van der Waals surface area contributed by atoms with E-state index in [1.165, 1.54) is 58.0 Å². The highest BCUT2D eigenvalue weighted by molar-refractivity contribution is 7.17. The van der Waals surface area contributed by atoms with Crippen LogP contribution in [0.1, 0.15) is 139 Å². The van der Waals surface area contributed by atoms with Gasteiger partial charge in [-0.2, -0.15) is 0 Å². The average molecular weight is 1950 g/mol. The van der Waals surface area contributed by atoms with E-state index in [2.05, 4.69) is 33.5 Å². The number of hydrogen-bond donors (Lipinski definition) is 10. The van der Waals surface area contributed by atoms with Crippen LogP contribution in [0.3, 0.4) is 0 Å². The smallest absolute Gasteiger partial charge is 0.339 e. The first-order chi connectivity index (χ1) is 62.7. The summed E-state index contributed by atoms with van der Waals surface area (Å²) in [5.41, 5.74) is 14.3. The Kier molecular flexibility index (Phi) is 34.1. The third-order valence-corrected chi connectivity index (χ3v) is 25.5. The molecule has 0 atom stereocenters. The lowest BCUT2D eigenvalue weighted by atomic mass is 10.0. The van der Waals surface area contributed by atoms with Gasteiger partial charge >= 0.3 is 29.8 Å². The Morgan fingerprint density at radius 2 is 0.580 bits per heavy atom. The first-order valence-electron chi connectivity index (χ1n) is 39.4. The lowest BCUT2D eigenvalue weighted by Crippen LogP contribution is -2.14. The maximum absolute atomic E-state index is 12.5. The van der Waals surface area contributed by atoms with Crippen molar-refractivity contribution in [1.82, 2.24) is 0 Å². The molecule has 32 heteroatoms. The molecular weight excluding hydrogens is 1870 g/mol. The Morgan fingerprint density at radius 1 is 0.321 bits per heavy atom. The average Bonchev–Trinajstić information content (AvgIpc) is 1.63. The Balaban J connectivity index is 0.000000158. The van der Waals surface area contributed by atoms with Gasteiger partial charge in [0.05, 0.1) is 7.11 Å². The number of nitrogens with zero attached hydrogens (tertiary/aromatic N) is 1. The molecule has 10 N–H and O–H groups in total. The number of anilines is 6. The number of methoxy groups -OCH3 is 1. The summed E-state index contributed by atoms with van der Waals surface area (Å²) in [6, 6.07) is 68.0. The summed E-state index contributed by atoms with van der Waals surface area (Å²) in [4.78, 5) is 123. The number of halogens is 5. The SMILES string of the molecule is CCCc1ccc(C(=O)Nc2scc(-c3ccc(Cl)cc3)c2C(=O)O)cc1.CN(C)c1ccc(C(=O)Nc2scc(-c3ccc(Cl)cc3)c2C(=O)O)cc1.COc1ccc(C(=O)Nc2scc(-c3ccc(Cl)cc3)c2C(=O)O)cc1.Cc1ccc(C(=O)Nc2scc(-c3ccc(Cl)cc3)c2C(=O)O)cc1C.Cc1cccc(C(=O)Nc2scc(-c3ccc(Cl)cc3)c2C(=O)O)c1. The van der Waals surface area contributed by atoms with Crippen LogP contribution in [-0.2, 0) is 6.42 Å². The fourth-order valence-corrected chi connectivity index (χ4v) is 18.2. The van der Waals surface area contributed by atoms with Crippen LogP contribution in [0.25, 0.3) is 55.6 Å². The minimum absolute atomic E-state index is 0.0548. The highest BCUT2D eigenvalue weighted by Gasteiger charge is 2.28. The second-order valence-electron chi connectivity index (χ2n) is 28.9. The number of carbonyl (C=O) groups is 10. The summed E-state index contributed by atoms with van der Waals surface area (Å²) >= 11 is 35.4. The van der Waals surface area contributed by atoms with E-state index < -0.39 is 29.8 Å². The van der Waals surface area contributed by atoms with Crippen LogP contribution < -0.4 is 36.2 Å². The zero-order valence-electron chi connectivity index (χ0n) is 70.4. The zero-order valence-corrected chi connectivity index (χ0v) is 78.3. The third kappa shape index (κ3) is 25.7. The summed E-state index contributed by atoms with van der Waals surface area (Å²) < 4.78 is 5.06. The topological polar surface area (TPSA) is 344 Å². The summed E-state index contributed by atoms with van der Waals surface area (Å²) in [6.45, 7) is 7.89. The summed E-state index contributed by atoms with van der Waals surface area (Å²) in [6.07, 6.45) is 2.00. The first-order valence-corrected chi connectivity index (χ1v) is 45.7. The van der Waals surface area contributed by atoms with Crippen molar-refractivity contribution in [2.24, 2.45) is 0 Å². The van der Waals surface area contributed by atoms with Gasteiger partial charge in [0, 0.05) is 127 Å². The van der Waals surface area contributed by atoms with Gasteiger partial charge in [0.25, 0.3) is 29.5 Å². The number of nitrogens with one attached hydrogen (secondary N) is 5. The molecule has 0 unspecified atom stereocenters. The van der Waals surface area contributed by atoms with Crippen molar-refractivity contribution in [1.29, 1.82) is 0 Å². The fraction of sp³-hybridized carbons (Fsp3) is 0.0909. The molecule has 0 aliphatic heterocycles. The van der Waals surface area contributed by atoms with Gasteiger partial charge in [-0.1, -0.05) is 168 Å². The van der Waals surface area contributed by atoms with Crippen molar-refractivity contribution in [2.75, 3.05) is 52.7 Å². The maximum atomic E-state index is 12.5. The van der Waals surface area contributed by atoms with Gasteiger partial charge in [0.2, 0.25) is 0 Å². The standard InChI is InChI=1S/C21H18ClNO3S.C20H17ClN2O3S.C20H16ClNO3S.C19H14ClNO4S.C19H14ClNO3S/c1-2-3-13-4-6-15(7-5-13)19(24)23-20-18(21(25)26)17(12-27-20)14-8-10-16(22)11-9-14;1-23(2)15-9-5-13(6-10-15)18(24)22-19-17(20(25)26)16(11-27-19)12-3-7-14(21)8-4-12;1-11-3-4-14(9-12(11)2)18(23)22-19-17(20(24)25)16(10-26-19)13-5-7-15(21)8-6-13;1-25-14-8-4-12(5-9-14)17(22)21-18-16(19(23)24)15(10-26-18)11-2-6-13(20)7-3-11;1-11-3-2-4-13(9-11)17(22)21-18-16(19(23)24)15(10-25-18)12-5-7-14(20)8-6-12/h4-12H,2-3H2,1H3,(H,23,24)(H,25,26);3-11H,1-2H3,(H,22,24)(H,25,26);3-10H,1-2H3,(H,22,23)(H,24,25);2-10H,1H3,(H,21,22)(H,23,24);2-10H,1H3,(H,21,22)(H,23,24). The van der Waals surface area contributed by atoms with E-state index in [9.17, 15) is 73.5 Å². The molecule has 22 nitrogen and oxygen atoms in total. The second-order valence-corrected chi connectivity index (χ2v) is 35.5. The molecule has 0 bridgehead atoms. The Morgan fingerprint density at radius 3 is 0.832 bits per heavy atom. The molecule has 131 heavy (non-hydrogen) atoms. The minimum atomic E-state index is -1.11. The number of rotatable bonds is 24. The van der Waals surface area contributed by atoms with Crippen LogP contribution in [0, 0.1) is 20.8 Å². The van der Waals surface area contributed by atoms with E-state index >= 15 is 0 Å². The number of carboxylic acid groups (broad SMARTS) is 5. The van der Waals surface area contributed by atoms with Gasteiger partial charge in [0.15, 0.2) is 0 Å². The van der Waals surface area contributed by atoms with Gasteiger partial charge < -0.3 is 61.8 Å². The van der Waals surface area contributed by atoms with Crippen molar-refractivity contribution < 1.29 is 78.2 Å². The van der Waals surface area contributed by atoms with Crippen LogP contribution in [-0.4, -0.2) is 106 Å². The van der Waals surface area contributed by atoms with Gasteiger partial charge in [-0.05, 0) is 217 Å². The van der Waals surface area contributed by atoms with E-state index in [0.29, 0.717) is 112 Å². The molecule has 15 aromatic rings. The van der Waals surface area contributed by atoms with Gasteiger partial charge in [-0.15, -0.1) is 56.7 Å². The molecule has 0 saturated heterocycles. The molecule has 0 aliphatic carbocycles. The van der Waals surface area contributed by atoms with Crippen molar-refractivity contribution in [2.45, 2.75) is 40.5 Å². The number of ether oxygens (including phenoxy) is 1. The number of benzene rings is 10. The van der Waals surface area contributed by atoms with Crippen LogP contribution >= 0.6 is 115 Å². The van der Waals surface area contributed by atoms with E-state index in [-0.39, 0.29) is 62.4 Å². The van der Waals surface area contributed by atoms with Gasteiger partial charge in [-0.25, -0.2) is 24.0 Å². The molecule has 0 saturated carbocycles. The monoisotopic (exact) mass is 1940 g/mol. The number of aromatic carboxylic acids is 5. The Bertz CT molecular complexity index is 6700. The van der Waals surface area contributed by atoms with Crippen LogP contribution in [0.5, 0.6) is 5.75 Å². The van der Waals surface area contributed by atoms with Gasteiger partial charge in [-0.3, -0.25) is 24.0 Å². The molecule has 5 aromatic heterocycles. The molecule has 15 rings (SSSR count). The second kappa shape index (κ2) is 45.6. The van der Waals surface area contributed by atoms with Crippen molar-refractivity contribution in [3.63, 3.8) is 0 Å². The lowest BCUT2D eigenvalue weighted by molar-refractivity contribution is 0.0688. The maximum Gasteiger partial charge on any atom is 0.339 e. The largest absolute Gasteiger partial charge is 0.497 e. The molecule has 666 valence electrons. The molecule has 5 heterocycles. The van der Waals surface area contributed by atoms with Crippen molar-refractivity contribution >= 4 is 205 Å². The normalized spacial score (nSPS) is 10.5. The lowest BCUT2D eigenvalue weighted by Gasteiger charge is -2.12. The number of hydrogen-bond acceptors (Lipinski definition) is 17.